The van der Waals surface area contributed by atoms with Gasteiger partial charge < -0.3 is 10.1 Å². The molecular formula is C18H20N2O. The highest BCUT2D eigenvalue weighted by atomic mass is 16.5. The van der Waals surface area contributed by atoms with E-state index < -0.39 is 0 Å². The number of nitrogens with one attached hydrogen (secondary N) is 1. The van der Waals surface area contributed by atoms with E-state index in [-0.39, 0.29) is 12.1 Å². The molecule has 0 amide bonds. The minimum absolute atomic E-state index is 0.134. The zero-order valence-electron chi connectivity index (χ0n) is 12.6. The molecule has 2 rings (SSSR count). The number of benzene rings is 2. The van der Waals surface area contributed by atoms with Crippen LogP contribution in [0.1, 0.15) is 37.9 Å². The monoisotopic (exact) mass is 280 g/mol. The topological polar surface area (TPSA) is 45.0 Å². The molecule has 1 unspecified atom stereocenters. The van der Waals surface area contributed by atoms with E-state index in [1.807, 2.05) is 62.4 Å². The highest BCUT2D eigenvalue weighted by Gasteiger charge is 2.06. The average molecular weight is 280 g/mol. The second-order valence-corrected chi connectivity index (χ2v) is 5.29. The standard InChI is InChI=1S/C18H20N2O/c1-13(2)21-18-9-7-17(8-10-18)20-14(3)16-6-4-5-15(11-16)12-19/h4-11,13-14,20H,1-3H3. The zero-order valence-corrected chi connectivity index (χ0v) is 12.6. The van der Waals surface area contributed by atoms with Crippen LogP contribution in [-0.2, 0) is 0 Å². The normalized spacial score (nSPS) is 11.8. The number of ether oxygens (including phenoxy) is 1. The number of nitriles is 1. The van der Waals surface area contributed by atoms with Crippen molar-refractivity contribution >= 4 is 5.69 Å². The van der Waals surface area contributed by atoms with E-state index in [1.54, 1.807) is 0 Å². The maximum atomic E-state index is 8.95. The number of rotatable bonds is 5. The van der Waals surface area contributed by atoms with E-state index in [9.17, 15) is 0 Å². The molecule has 108 valence electrons. The van der Waals surface area contributed by atoms with Crippen LogP contribution in [0.25, 0.3) is 0 Å². The Balaban J connectivity index is 2.05. The Bertz CT molecular complexity index is 626. The predicted octanol–water partition coefficient (Wildman–Crippen LogP) is 4.52. The van der Waals surface area contributed by atoms with E-state index in [0.29, 0.717) is 5.56 Å². The summed E-state index contributed by atoms with van der Waals surface area (Å²) in [6.45, 7) is 6.10. The molecule has 0 saturated carbocycles. The fourth-order valence-electron chi connectivity index (χ4n) is 2.11. The molecule has 3 nitrogen and oxygen atoms in total. The van der Waals surface area contributed by atoms with Gasteiger partial charge in [-0.1, -0.05) is 12.1 Å². The van der Waals surface area contributed by atoms with E-state index in [1.165, 1.54) is 0 Å². The molecule has 1 atom stereocenters. The van der Waals surface area contributed by atoms with E-state index in [4.69, 9.17) is 10.00 Å². The molecule has 0 radical (unpaired) electrons. The third kappa shape index (κ3) is 4.25. The third-order valence-corrected chi connectivity index (χ3v) is 3.13. The molecule has 2 aromatic carbocycles. The van der Waals surface area contributed by atoms with E-state index in [2.05, 4.69) is 18.3 Å². The van der Waals surface area contributed by atoms with Gasteiger partial charge >= 0.3 is 0 Å². The first-order valence-corrected chi connectivity index (χ1v) is 7.12. The SMILES string of the molecule is CC(C)Oc1ccc(NC(C)c2cccc(C#N)c2)cc1. The van der Waals surface area contributed by atoms with Gasteiger partial charge in [0.25, 0.3) is 0 Å². The fourth-order valence-corrected chi connectivity index (χ4v) is 2.11. The molecule has 0 aromatic heterocycles. The first kappa shape index (κ1) is 14.9. The molecule has 0 fully saturated rings. The molecular weight excluding hydrogens is 260 g/mol. The number of hydrogen-bond acceptors (Lipinski definition) is 3. The van der Waals surface area contributed by atoms with Gasteiger partial charge in [-0.3, -0.25) is 0 Å². The zero-order chi connectivity index (χ0) is 15.2. The Hall–Kier alpha value is -2.47. The van der Waals surface area contributed by atoms with Crippen molar-refractivity contribution < 1.29 is 4.74 Å². The van der Waals surface area contributed by atoms with Crippen LogP contribution in [-0.4, -0.2) is 6.10 Å². The summed E-state index contributed by atoms with van der Waals surface area (Å²) in [7, 11) is 0. The molecule has 0 spiro atoms. The molecule has 0 heterocycles. The Morgan fingerprint density at radius 2 is 1.76 bits per heavy atom. The molecule has 0 aliphatic carbocycles. The number of nitrogens with zero attached hydrogens (tertiary/aromatic N) is 1. The van der Waals surface area contributed by atoms with Crippen molar-refractivity contribution in [1.82, 2.24) is 0 Å². The Morgan fingerprint density at radius 3 is 2.38 bits per heavy atom. The summed E-state index contributed by atoms with van der Waals surface area (Å²) in [5.41, 5.74) is 2.80. The van der Waals surface area contributed by atoms with Crippen molar-refractivity contribution in [3.8, 4) is 11.8 Å². The lowest BCUT2D eigenvalue weighted by Crippen LogP contribution is -2.07. The Labute approximate surface area is 126 Å². The highest BCUT2D eigenvalue weighted by molar-refractivity contribution is 5.48. The summed E-state index contributed by atoms with van der Waals surface area (Å²) < 4.78 is 5.63. The van der Waals surface area contributed by atoms with E-state index >= 15 is 0 Å². The van der Waals surface area contributed by atoms with Crippen LogP contribution in [0.4, 0.5) is 5.69 Å². The molecule has 21 heavy (non-hydrogen) atoms. The second kappa shape index (κ2) is 6.81. The van der Waals surface area contributed by atoms with Crippen LogP contribution in [0.2, 0.25) is 0 Å². The van der Waals surface area contributed by atoms with Crippen LogP contribution in [0.15, 0.2) is 48.5 Å². The predicted molar refractivity (Wildman–Crippen MR) is 85.4 cm³/mol. The van der Waals surface area contributed by atoms with Crippen LogP contribution >= 0.6 is 0 Å². The lowest BCUT2D eigenvalue weighted by atomic mass is 10.1. The minimum atomic E-state index is 0.134. The number of anilines is 1. The van der Waals surface area contributed by atoms with Gasteiger partial charge in [0.05, 0.1) is 17.7 Å². The average Bonchev–Trinajstić information content (AvgIpc) is 2.49. The molecule has 0 aliphatic heterocycles. The van der Waals surface area contributed by atoms with Crippen molar-refractivity contribution in [3.05, 3.63) is 59.7 Å². The molecule has 2 aromatic rings. The van der Waals surface area contributed by atoms with Gasteiger partial charge in [-0.2, -0.15) is 5.26 Å². The Kier molecular flexibility index (Phi) is 4.84. The van der Waals surface area contributed by atoms with Gasteiger partial charge in [-0.25, -0.2) is 0 Å². The van der Waals surface area contributed by atoms with Crippen molar-refractivity contribution in [3.63, 3.8) is 0 Å². The van der Waals surface area contributed by atoms with Crippen LogP contribution in [0.5, 0.6) is 5.75 Å². The largest absolute Gasteiger partial charge is 0.491 e. The van der Waals surface area contributed by atoms with Crippen molar-refractivity contribution in [2.45, 2.75) is 32.9 Å². The quantitative estimate of drug-likeness (QED) is 0.875. The molecule has 3 heteroatoms. The summed E-state index contributed by atoms with van der Waals surface area (Å²) in [6, 6.07) is 17.9. The van der Waals surface area contributed by atoms with Gasteiger partial charge in [-0.15, -0.1) is 0 Å². The van der Waals surface area contributed by atoms with Crippen molar-refractivity contribution in [2.24, 2.45) is 0 Å². The molecule has 0 saturated heterocycles. The van der Waals surface area contributed by atoms with Gasteiger partial charge in [0.2, 0.25) is 0 Å². The van der Waals surface area contributed by atoms with Crippen LogP contribution in [0.3, 0.4) is 0 Å². The van der Waals surface area contributed by atoms with Gasteiger partial charge in [0.15, 0.2) is 0 Å². The van der Waals surface area contributed by atoms with Crippen LogP contribution in [0, 0.1) is 11.3 Å². The van der Waals surface area contributed by atoms with Gasteiger partial charge in [0, 0.05) is 11.7 Å². The number of hydrogen-bond donors (Lipinski definition) is 1. The summed E-state index contributed by atoms with van der Waals surface area (Å²) in [5.74, 6) is 0.870. The van der Waals surface area contributed by atoms with Gasteiger partial charge in [-0.05, 0) is 62.7 Å². The van der Waals surface area contributed by atoms with Crippen LogP contribution < -0.4 is 10.1 Å². The summed E-state index contributed by atoms with van der Waals surface area (Å²) in [4.78, 5) is 0. The van der Waals surface area contributed by atoms with Crippen molar-refractivity contribution in [2.75, 3.05) is 5.32 Å². The van der Waals surface area contributed by atoms with Gasteiger partial charge in [0.1, 0.15) is 5.75 Å². The first-order valence-electron chi connectivity index (χ1n) is 7.12. The Morgan fingerprint density at radius 1 is 1.05 bits per heavy atom. The summed E-state index contributed by atoms with van der Waals surface area (Å²) in [5, 5.41) is 12.4. The van der Waals surface area contributed by atoms with E-state index in [0.717, 1.165) is 17.0 Å². The third-order valence-electron chi connectivity index (χ3n) is 3.13. The summed E-state index contributed by atoms with van der Waals surface area (Å²) in [6.07, 6.45) is 0.177. The highest BCUT2D eigenvalue weighted by Crippen LogP contribution is 2.22. The lowest BCUT2D eigenvalue weighted by Gasteiger charge is -2.17. The van der Waals surface area contributed by atoms with Crippen molar-refractivity contribution in [1.29, 1.82) is 5.26 Å². The summed E-state index contributed by atoms with van der Waals surface area (Å²) >= 11 is 0. The fraction of sp³-hybridized carbons (Fsp3) is 0.278. The first-order chi connectivity index (χ1) is 10.1. The molecule has 0 aliphatic rings. The molecule has 1 N–H and O–H groups in total. The maximum Gasteiger partial charge on any atom is 0.119 e. The smallest absolute Gasteiger partial charge is 0.119 e. The minimum Gasteiger partial charge on any atom is -0.491 e. The second-order valence-electron chi connectivity index (χ2n) is 5.29. The lowest BCUT2D eigenvalue weighted by molar-refractivity contribution is 0.242. The molecule has 0 bridgehead atoms. The maximum absolute atomic E-state index is 8.95.